The molecule has 1 aromatic rings. The molecule has 7 heteroatoms. The van der Waals surface area contributed by atoms with Gasteiger partial charge in [-0.15, -0.1) is 0 Å². The fourth-order valence-electron chi connectivity index (χ4n) is 3.91. The van der Waals surface area contributed by atoms with Crippen molar-refractivity contribution in [1.29, 1.82) is 5.26 Å². The molecular formula is C19H23FN4O2. The van der Waals surface area contributed by atoms with E-state index in [0.717, 1.165) is 12.8 Å². The second-order valence-corrected chi connectivity index (χ2v) is 7.70. The van der Waals surface area contributed by atoms with E-state index in [-0.39, 0.29) is 23.6 Å². The fraction of sp³-hybridized carbons (Fsp3) is 0.579. The Morgan fingerprint density at radius 1 is 1.46 bits per heavy atom. The third-order valence-electron chi connectivity index (χ3n) is 5.33. The topological polar surface area (TPSA) is 86.1 Å². The number of pyridine rings is 1. The lowest BCUT2D eigenvalue weighted by molar-refractivity contribution is -0.149. The maximum absolute atomic E-state index is 13.9. The average Bonchev–Trinajstić information content (AvgIpc) is 2.58. The Labute approximate surface area is 152 Å². The summed E-state index contributed by atoms with van der Waals surface area (Å²) < 4.78 is 13.9. The summed E-state index contributed by atoms with van der Waals surface area (Å²) in [6.45, 7) is 4.66. The van der Waals surface area contributed by atoms with Crippen molar-refractivity contribution in [3.8, 4) is 6.07 Å². The molecule has 1 saturated heterocycles. The lowest BCUT2D eigenvalue weighted by atomic mass is 9.63. The highest BCUT2D eigenvalue weighted by Crippen LogP contribution is 2.46. The number of nitrogens with zero attached hydrogens (tertiary/aromatic N) is 3. The van der Waals surface area contributed by atoms with Gasteiger partial charge in [0, 0.05) is 36.7 Å². The summed E-state index contributed by atoms with van der Waals surface area (Å²) in [7, 11) is 0. The van der Waals surface area contributed by atoms with Crippen LogP contribution in [0.4, 0.5) is 4.39 Å². The Bertz CT molecular complexity index is 767. The molecule has 2 heterocycles. The quantitative estimate of drug-likeness (QED) is 0.897. The van der Waals surface area contributed by atoms with Crippen LogP contribution in [0.1, 0.15) is 48.7 Å². The number of likely N-dealkylation sites (tertiary alicyclic amines) is 1. The molecule has 1 aromatic heterocycles. The van der Waals surface area contributed by atoms with Crippen LogP contribution in [0.2, 0.25) is 0 Å². The second kappa shape index (κ2) is 7.02. The van der Waals surface area contributed by atoms with E-state index in [0.29, 0.717) is 31.5 Å². The van der Waals surface area contributed by atoms with Gasteiger partial charge in [-0.1, -0.05) is 6.92 Å². The first kappa shape index (κ1) is 18.3. The van der Waals surface area contributed by atoms with Crippen LogP contribution in [0.3, 0.4) is 0 Å². The number of amides is 2. The molecule has 1 aliphatic carbocycles. The van der Waals surface area contributed by atoms with E-state index < -0.39 is 17.1 Å². The summed E-state index contributed by atoms with van der Waals surface area (Å²) in [5, 5.41) is 11.7. The number of aryl methyl sites for hydroxylation is 1. The van der Waals surface area contributed by atoms with Crippen LogP contribution in [-0.2, 0) is 4.79 Å². The first-order valence-electron chi connectivity index (χ1n) is 8.94. The largest absolute Gasteiger partial charge is 0.346 e. The molecule has 0 bridgehead atoms. The van der Waals surface area contributed by atoms with E-state index in [9.17, 15) is 14.0 Å². The van der Waals surface area contributed by atoms with Gasteiger partial charge in [0.05, 0.1) is 6.07 Å². The Kier molecular flexibility index (Phi) is 4.94. The van der Waals surface area contributed by atoms with E-state index in [4.69, 9.17) is 5.26 Å². The number of aromatic nitrogens is 1. The number of nitrogens with one attached hydrogen (secondary N) is 1. The molecule has 26 heavy (non-hydrogen) atoms. The zero-order valence-corrected chi connectivity index (χ0v) is 15.1. The van der Waals surface area contributed by atoms with E-state index >= 15 is 0 Å². The highest BCUT2D eigenvalue weighted by molar-refractivity contribution is 5.92. The Balaban J connectivity index is 1.61. The molecule has 2 amide bonds. The van der Waals surface area contributed by atoms with Crippen LogP contribution < -0.4 is 5.32 Å². The van der Waals surface area contributed by atoms with Crippen LogP contribution >= 0.6 is 0 Å². The van der Waals surface area contributed by atoms with Gasteiger partial charge in [-0.05, 0) is 44.2 Å². The van der Waals surface area contributed by atoms with Crippen LogP contribution in [0, 0.1) is 35.4 Å². The first-order chi connectivity index (χ1) is 12.3. The molecular weight excluding hydrogens is 335 g/mol. The van der Waals surface area contributed by atoms with Gasteiger partial charge in [0.15, 0.2) is 11.5 Å². The Morgan fingerprint density at radius 3 is 2.85 bits per heavy atom. The van der Waals surface area contributed by atoms with Gasteiger partial charge in [-0.3, -0.25) is 9.59 Å². The number of hydrogen-bond acceptors (Lipinski definition) is 4. The lowest BCUT2D eigenvalue weighted by Crippen LogP contribution is -2.55. The van der Waals surface area contributed by atoms with Crippen molar-refractivity contribution >= 4 is 11.8 Å². The third kappa shape index (κ3) is 3.55. The normalized spacial score (nSPS) is 28.0. The minimum atomic E-state index is -0.643. The van der Waals surface area contributed by atoms with Gasteiger partial charge in [0.1, 0.15) is 0 Å². The van der Waals surface area contributed by atoms with Crippen LogP contribution in [0.5, 0.6) is 0 Å². The molecule has 2 aliphatic rings. The summed E-state index contributed by atoms with van der Waals surface area (Å²) in [6.07, 6.45) is 4.15. The molecule has 138 valence electrons. The monoisotopic (exact) mass is 358 g/mol. The fourth-order valence-corrected chi connectivity index (χ4v) is 3.91. The highest BCUT2D eigenvalue weighted by atomic mass is 19.1. The van der Waals surface area contributed by atoms with E-state index in [2.05, 4.69) is 16.4 Å². The van der Waals surface area contributed by atoms with Crippen LogP contribution in [0.15, 0.2) is 12.3 Å². The molecule has 1 aliphatic heterocycles. The van der Waals surface area contributed by atoms with Gasteiger partial charge in [0.25, 0.3) is 5.91 Å². The van der Waals surface area contributed by atoms with Crippen molar-refractivity contribution in [2.75, 3.05) is 13.1 Å². The average molecular weight is 358 g/mol. The molecule has 2 fully saturated rings. The first-order valence-corrected chi connectivity index (χ1v) is 8.94. The van der Waals surface area contributed by atoms with Crippen molar-refractivity contribution in [3.05, 3.63) is 29.3 Å². The standard InChI is InChI=1S/C19H23FN4O2/c1-12-6-15(20)16(22-10-12)17(25)23-14-4-3-5-24(11-14)18(26)19(2)7-13(8-19)9-21/h6,10,13-14H,3-5,7-8,11H2,1-2H3,(H,23,25). The molecule has 6 nitrogen and oxygen atoms in total. The van der Waals surface area contributed by atoms with Crippen molar-refractivity contribution < 1.29 is 14.0 Å². The zero-order valence-electron chi connectivity index (χ0n) is 15.1. The molecule has 0 aromatic carbocycles. The summed E-state index contributed by atoms with van der Waals surface area (Å²) in [4.78, 5) is 30.7. The SMILES string of the molecule is Cc1cnc(C(=O)NC2CCCN(C(=O)C3(C)CC(C#N)C3)C2)c(F)c1. The number of carbonyl (C=O) groups is 2. The van der Waals surface area contributed by atoms with Crippen LogP contribution in [-0.4, -0.2) is 40.8 Å². The summed E-state index contributed by atoms with van der Waals surface area (Å²) in [5.41, 5.74) is -0.0449. The molecule has 1 saturated carbocycles. The van der Waals surface area contributed by atoms with Crippen LogP contribution in [0.25, 0.3) is 0 Å². The van der Waals surface area contributed by atoms with Crippen molar-refractivity contribution in [2.45, 2.75) is 45.6 Å². The molecule has 0 radical (unpaired) electrons. The summed E-state index contributed by atoms with van der Waals surface area (Å²) in [5.74, 6) is -1.20. The second-order valence-electron chi connectivity index (χ2n) is 7.70. The number of hydrogen-bond donors (Lipinski definition) is 1. The number of halogens is 1. The number of carbonyl (C=O) groups excluding carboxylic acids is 2. The van der Waals surface area contributed by atoms with Crippen molar-refractivity contribution in [1.82, 2.24) is 15.2 Å². The summed E-state index contributed by atoms with van der Waals surface area (Å²) in [6, 6.07) is 3.26. The third-order valence-corrected chi connectivity index (χ3v) is 5.33. The Morgan fingerprint density at radius 2 is 2.19 bits per heavy atom. The smallest absolute Gasteiger partial charge is 0.273 e. The molecule has 0 spiro atoms. The predicted octanol–water partition coefficient (Wildman–Crippen LogP) is 2.19. The van der Waals surface area contributed by atoms with Gasteiger partial charge in [-0.25, -0.2) is 9.37 Å². The van der Waals surface area contributed by atoms with Gasteiger partial charge >= 0.3 is 0 Å². The number of nitriles is 1. The molecule has 1 atom stereocenters. The number of rotatable bonds is 3. The highest BCUT2D eigenvalue weighted by Gasteiger charge is 2.48. The lowest BCUT2D eigenvalue weighted by Gasteiger charge is -2.45. The molecule has 1 N–H and O–H groups in total. The number of piperidine rings is 1. The summed E-state index contributed by atoms with van der Waals surface area (Å²) >= 11 is 0. The van der Waals surface area contributed by atoms with Crippen molar-refractivity contribution in [3.63, 3.8) is 0 Å². The predicted molar refractivity (Wildman–Crippen MR) is 92.4 cm³/mol. The van der Waals surface area contributed by atoms with E-state index in [1.165, 1.54) is 12.3 Å². The minimum absolute atomic E-state index is 0.0418. The van der Waals surface area contributed by atoms with E-state index in [1.54, 1.807) is 11.8 Å². The molecule has 3 rings (SSSR count). The Hall–Kier alpha value is -2.49. The van der Waals surface area contributed by atoms with Gasteiger partial charge in [-0.2, -0.15) is 5.26 Å². The van der Waals surface area contributed by atoms with Gasteiger partial charge in [0.2, 0.25) is 5.91 Å². The zero-order chi connectivity index (χ0) is 18.9. The molecule has 1 unspecified atom stereocenters. The maximum atomic E-state index is 13.9. The van der Waals surface area contributed by atoms with Crippen molar-refractivity contribution in [2.24, 2.45) is 11.3 Å². The van der Waals surface area contributed by atoms with E-state index in [1.807, 2.05) is 6.92 Å². The van der Waals surface area contributed by atoms with Gasteiger partial charge < -0.3 is 10.2 Å². The maximum Gasteiger partial charge on any atom is 0.273 e. The minimum Gasteiger partial charge on any atom is -0.346 e.